The molecule has 4 nitrogen and oxygen atoms in total. The average Bonchev–Trinajstić information content (AvgIpc) is 2.48. The first-order valence-electron chi connectivity index (χ1n) is 3.99. The lowest BCUT2D eigenvalue weighted by molar-refractivity contribution is 0.101. The van der Waals surface area contributed by atoms with E-state index in [1.807, 2.05) is 12.1 Å². The summed E-state index contributed by atoms with van der Waals surface area (Å²) in [5.41, 5.74) is 2.19. The number of aromatic nitrogens is 3. The van der Waals surface area contributed by atoms with Crippen LogP contribution in [0, 0.1) is 0 Å². The van der Waals surface area contributed by atoms with Crippen LogP contribution in [0.3, 0.4) is 0 Å². The van der Waals surface area contributed by atoms with Gasteiger partial charge >= 0.3 is 0 Å². The van der Waals surface area contributed by atoms with Crippen molar-refractivity contribution in [1.29, 1.82) is 0 Å². The van der Waals surface area contributed by atoms with Crippen LogP contribution in [0.1, 0.15) is 17.3 Å². The van der Waals surface area contributed by atoms with Crippen LogP contribution in [0.4, 0.5) is 0 Å². The molecule has 0 aliphatic carbocycles. The molecule has 0 atom stereocenters. The van der Waals surface area contributed by atoms with E-state index in [4.69, 9.17) is 0 Å². The molecule has 0 bridgehead atoms. The van der Waals surface area contributed by atoms with E-state index >= 15 is 0 Å². The van der Waals surface area contributed by atoms with E-state index in [9.17, 15) is 4.79 Å². The van der Waals surface area contributed by atoms with Crippen LogP contribution in [0.15, 0.2) is 18.2 Å². The summed E-state index contributed by atoms with van der Waals surface area (Å²) in [6, 6.07) is 5.49. The SMILES string of the molecule is CC(=O)c1cccc2c1nnn2C. The van der Waals surface area contributed by atoms with Crippen molar-refractivity contribution in [1.82, 2.24) is 15.0 Å². The Morgan fingerprint density at radius 1 is 1.46 bits per heavy atom. The molecule has 0 unspecified atom stereocenters. The summed E-state index contributed by atoms with van der Waals surface area (Å²) in [6.07, 6.45) is 0. The third-order valence-electron chi connectivity index (χ3n) is 2.02. The highest BCUT2D eigenvalue weighted by Crippen LogP contribution is 2.15. The third kappa shape index (κ3) is 1.11. The lowest BCUT2D eigenvalue weighted by Gasteiger charge is -1.95. The van der Waals surface area contributed by atoms with Crippen molar-refractivity contribution in [3.63, 3.8) is 0 Å². The number of aryl methyl sites for hydroxylation is 1. The molecule has 0 saturated heterocycles. The number of hydrogen-bond acceptors (Lipinski definition) is 3. The lowest BCUT2D eigenvalue weighted by atomic mass is 10.1. The quantitative estimate of drug-likeness (QED) is 0.611. The van der Waals surface area contributed by atoms with Gasteiger partial charge in [-0.15, -0.1) is 5.10 Å². The molecule has 0 amide bonds. The van der Waals surface area contributed by atoms with Crippen LogP contribution < -0.4 is 0 Å². The summed E-state index contributed by atoms with van der Waals surface area (Å²) in [5, 5.41) is 7.78. The maximum absolute atomic E-state index is 11.2. The molecular formula is C9H9N3O. The van der Waals surface area contributed by atoms with Gasteiger partial charge in [0.05, 0.1) is 5.52 Å². The zero-order chi connectivity index (χ0) is 9.42. The van der Waals surface area contributed by atoms with Gasteiger partial charge in [-0.2, -0.15) is 0 Å². The standard InChI is InChI=1S/C9H9N3O/c1-6(13)7-4-3-5-8-9(7)10-11-12(8)2/h3-5H,1-2H3. The van der Waals surface area contributed by atoms with Crippen molar-refractivity contribution in [3.8, 4) is 0 Å². The predicted octanol–water partition coefficient (Wildman–Crippen LogP) is 1.17. The lowest BCUT2D eigenvalue weighted by Crippen LogP contribution is -1.93. The zero-order valence-electron chi connectivity index (χ0n) is 7.48. The summed E-state index contributed by atoms with van der Waals surface area (Å²) in [4.78, 5) is 11.2. The van der Waals surface area contributed by atoms with Crippen LogP contribution in [-0.2, 0) is 7.05 Å². The first-order valence-corrected chi connectivity index (χ1v) is 3.99. The highest BCUT2D eigenvalue weighted by molar-refractivity contribution is 6.04. The van der Waals surface area contributed by atoms with E-state index in [-0.39, 0.29) is 5.78 Å². The number of fused-ring (bicyclic) bond motifs is 1. The second-order valence-corrected chi connectivity index (χ2v) is 2.94. The van der Waals surface area contributed by atoms with Crippen molar-refractivity contribution >= 4 is 16.8 Å². The molecule has 1 aromatic carbocycles. The van der Waals surface area contributed by atoms with Gasteiger partial charge in [0.1, 0.15) is 5.52 Å². The molecule has 0 aliphatic heterocycles. The van der Waals surface area contributed by atoms with Crippen molar-refractivity contribution in [3.05, 3.63) is 23.8 Å². The monoisotopic (exact) mass is 175 g/mol. The number of rotatable bonds is 1. The fourth-order valence-electron chi connectivity index (χ4n) is 1.34. The minimum absolute atomic E-state index is 0.0195. The van der Waals surface area contributed by atoms with Crippen LogP contribution in [0.2, 0.25) is 0 Å². The van der Waals surface area contributed by atoms with Gasteiger partial charge < -0.3 is 0 Å². The first kappa shape index (κ1) is 7.91. The van der Waals surface area contributed by atoms with Crippen LogP contribution in [0.5, 0.6) is 0 Å². The number of ketones is 1. The third-order valence-corrected chi connectivity index (χ3v) is 2.02. The predicted molar refractivity (Wildman–Crippen MR) is 48.5 cm³/mol. The molecule has 66 valence electrons. The number of carbonyl (C=O) groups is 1. The Morgan fingerprint density at radius 3 is 2.92 bits per heavy atom. The smallest absolute Gasteiger partial charge is 0.162 e. The molecule has 13 heavy (non-hydrogen) atoms. The van der Waals surface area contributed by atoms with E-state index in [1.165, 1.54) is 6.92 Å². The van der Waals surface area contributed by atoms with E-state index in [2.05, 4.69) is 10.3 Å². The molecule has 1 heterocycles. The highest BCUT2D eigenvalue weighted by atomic mass is 16.1. The molecule has 0 radical (unpaired) electrons. The van der Waals surface area contributed by atoms with Crippen LogP contribution in [0.25, 0.3) is 11.0 Å². The van der Waals surface area contributed by atoms with Crippen molar-refractivity contribution in [2.24, 2.45) is 7.05 Å². The average molecular weight is 175 g/mol. The fraction of sp³-hybridized carbons (Fsp3) is 0.222. The molecule has 0 saturated carbocycles. The Bertz CT molecular complexity index is 473. The number of carbonyl (C=O) groups excluding carboxylic acids is 1. The number of benzene rings is 1. The summed E-state index contributed by atoms with van der Waals surface area (Å²) >= 11 is 0. The molecule has 4 heteroatoms. The van der Waals surface area contributed by atoms with Crippen molar-refractivity contribution < 1.29 is 4.79 Å². The van der Waals surface area contributed by atoms with Gasteiger partial charge in [-0.25, -0.2) is 4.68 Å². The summed E-state index contributed by atoms with van der Waals surface area (Å²) in [7, 11) is 1.80. The minimum Gasteiger partial charge on any atom is -0.294 e. The molecule has 2 rings (SSSR count). The van der Waals surface area contributed by atoms with E-state index in [0.29, 0.717) is 11.1 Å². The second-order valence-electron chi connectivity index (χ2n) is 2.94. The van der Waals surface area contributed by atoms with Crippen LogP contribution >= 0.6 is 0 Å². The summed E-state index contributed by atoms with van der Waals surface area (Å²) in [6.45, 7) is 1.53. The topological polar surface area (TPSA) is 47.8 Å². The van der Waals surface area contributed by atoms with E-state index in [1.54, 1.807) is 17.8 Å². The maximum Gasteiger partial charge on any atom is 0.162 e. The molecule has 1 aromatic heterocycles. The number of nitrogens with zero attached hydrogens (tertiary/aromatic N) is 3. The summed E-state index contributed by atoms with van der Waals surface area (Å²) in [5.74, 6) is 0.0195. The van der Waals surface area contributed by atoms with Crippen molar-refractivity contribution in [2.45, 2.75) is 6.92 Å². The normalized spacial score (nSPS) is 10.6. The maximum atomic E-state index is 11.2. The number of Topliss-reactive ketones (excluding diaryl/α,β-unsaturated/α-hetero) is 1. The first-order chi connectivity index (χ1) is 6.20. The van der Waals surface area contributed by atoms with Gasteiger partial charge in [0.2, 0.25) is 0 Å². The Morgan fingerprint density at radius 2 is 2.23 bits per heavy atom. The minimum atomic E-state index is 0.0195. The molecule has 0 aliphatic rings. The van der Waals surface area contributed by atoms with Gasteiger partial charge in [-0.1, -0.05) is 11.3 Å². The van der Waals surface area contributed by atoms with E-state index in [0.717, 1.165) is 5.52 Å². The van der Waals surface area contributed by atoms with Gasteiger partial charge in [0.15, 0.2) is 5.78 Å². The van der Waals surface area contributed by atoms with Crippen molar-refractivity contribution in [2.75, 3.05) is 0 Å². The van der Waals surface area contributed by atoms with Gasteiger partial charge in [0.25, 0.3) is 0 Å². The molecule has 2 aromatic rings. The molecule has 0 spiro atoms. The second kappa shape index (κ2) is 2.65. The Labute approximate surface area is 75.2 Å². The van der Waals surface area contributed by atoms with Gasteiger partial charge in [-0.05, 0) is 19.1 Å². The molecular weight excluding hydrogens is 166 g/mol. The Hall–Kier alpha value is -1.71. The summed E-state index contributed by atoms with van der Waals surface area (Å²) < 4.78 is 1.65. The largest absolute Gasteiger partial charge is 0.294 e. The fourth-order valence-corrected chi connectivity index (χ4v) is 1.34. The van der Waals surface area contributed by atoms with Crippen LogP contribution in [-0.4, -0.2) is 20.8 Å². The molecule has 0 fully saturated rings. The zero-order valence-corrected chi connectivity index (χ0v) is 7.48. The van der Waals surface area contributed by atoms with E-state index < -0.39 is 0 Å². The van der Waals surface area contributed by atoms with Gasteiger partial charge in [0, 0.05) is 12.6 Å². The highest BCUT2D eigenvalue weighted by Gasteiger charge is 2.09. The number of hydrogen-bond donors (Lipinski definition) is 0. The molecule has 0 N–H and O–H groups in total. The Kier molecular flexibility index (Phi) is 1.62. The van der Waals surface area contributed by atoms with Gasteiger partial charge in [-0.3, -0.25) is 4.79 Å². The Balaban J connectivity index is 2.84.